The number of amides is 1. The van der Waals surface area contributed by atoms with Crippen LogP contribution in [0.15, 0.2) is 46.1 Å². The minimum atomic E-state index is -0.678. The first-order valence-electron chi connectivity index (χ1n) is 7.90. The van der Waals surface area contributed by atoms with Gasteiger partial charge in [-0.1, -0.05) is 6.07 Å². The lowest BCUT2D eigenvalue weighted by Gasteiger charge is -2.17. The van der Waals surface area contributed by atoms with Crippen molar-refractivity contribution in [3.8, 4) is 5.75 Å². The molecule has 1 aromatic heterocycles. The first kappa shape index (κ1) is 17.3. The van der Waals surface area contributed by atoms with Gasteiger partial charge in [0.1, 0.15) is 11.4 Å². The van der Waals surface area contributed by atoms with Gasteiger partial charge < -0.3 is 25.6 Å². The molecule has 0 aliphatic heterocycles. The Labute approximate surface area is 148 Å². The molecule has 0 saturated carbocycles. The monoisotopic (exact) mass is 354 g/mol. The molecule has 0 saturated heterocycles. The first-order chi connectivity index (χ1) is 12.4. The van der Waals surface area contributed by atoms with E-state index in [0.29, 0.717) is 6.54 Å². The minimum absolute atomic E-state index is 0.0614. The second-order valence-electron chi connectivity index (χ2n) is 5.98. The van der Waals surface area contributed by atoms with E-state index in [2.05, 4.69) is 15.6 Å². The number of H-pyrrole nitrogens is 1. The summed E-state index contributed by atoms with van der Waals surface area (Å²) in [5.74, 6) is -0.657. The summed E-state index contributed by atoms with van der Waals surface area (Å²) in [4.78, 5) is 40.1. The van der Waals surface area contributed by atoms with Crippen LogP contribution in [-0.4, -0.2) is 35.0 Å². The maximum atomic E-state index is 12.1. The van der Waals surface area contributed by atoms with Gasteiger partial charge in [0.2, 0.25) is 0 Å². The third kappa shape index (κ3) is 3.04. The zero-order chi connectivity index (χ0) is 18.8. The Balaban J connectivity index is 1.85. The number of nitrogens with zero attached hydrogens (tertiary/aromatic N) is 1. The van der Waals surface area contributed by atoms with E-state index in [0.717, 1.165) is 5.69 Å². The second kappa shape index (κ2) is 6.75. The molecule has 0 spiro atoms. The van der Waals surface area contributed by atoms with Crippen molar-refractivity contribution in [1.82, 2.24) is 9.88 Å². The largest absolute Gasteiger partial charge is 0.505 e. The number of carbonyl (C=O) groups excluding carboxylic acids is 1. The highest BCUT2D eigenvalue weighted by Gasteiger charge is 2.23. The summed E-state index contributed by atoms with van der Waals surface area (Å²) in [5.41, 5.74) is 0.0270. The molecule has 134 valence electrons. The molecule has 3 rings (SSSR count). The molecule has 0 aliphatic carbocycles. The Hall–Kier alpha value is -3.55. The van der Waals surface area contributed by atoms with Gasteiger partial charge in [0.25, 0.3) is 16.8 Å². The summed E-state index contributed by atoms with van der Waals surface area (Å²) in [6.45, 7) is 0.345. The van der Waals surface area contributed by atoms with Crippen LogP contribution in [0.5, 0.6) is 5.75 Å². The van der Waals surface area contributed by atoms with E-state index in [1.54, 1.807) is 26.4 Å². The lowest BCUT2D eigenvalue weighted by Crippen LogP contribution is -2.36. The molecule has 3 aromatic rings. The summed E-state index contributed by atoms with van der Waals surface area (Å²) < 4.78 is 0. The van der Waals surface area contributed by atoms with Gasteiger partial charge >= 0.3 is 0 Å². The Morgan fingerprint density at radius 3 is 2.50 bits per heavy atom. The minimum Gasteiger partial charge on any atom is -0.505 e. The average molecular weight is 354 g/mol. The normalized spacial score (nSPS) is 10.7. The maximum absolute atomic E-state index is 12.1. The van der Waals surface area contributed by atoms with Crippen LogP contribution in [0.4, 0.5) is 17.1 Å². The van der Waals surface area contributed by atoms with Crippen LogP contribution in [0.25, 0.3) is 0 Å². The third-order valence-electron chi connectivity index (χ3n) is 3.96. The van der Waals surface area contributed by atoms with Crippen LogP contribution < -0.4 is 21.5 Å². The van der Waals surface area contributed by atoms with Crippen molar-refractivity contribution in [1.29, 1.82) is 0 Å². The van der Waals surface area contributed by atoms with E-state index in [1.165, 1.54) is 17.0 Å². The van der Waals surface area contributed by atoms with Gasteiger partial charge in [0.15, 0.2) is 5.75 Å². The van der Waals surface area contributed by atoms with E-state index in [-0.39, 0.29) is 34.3 Å². The maximum Gasteiger partial charge on any atom is 0.257 e. The number of aromatic amines is 1. The number of hydrogen-bond donors (Lipinski definition) is 4. The van der Waals surface area contributed by atoms with Crippen LogP contribution in [0.3, 0.4) is 0 Å². The van der Waals surface area contributed by atoms with Crippen molar-refractivity contribution in [2.45, 2.75) is 6.54 Å². The molecule has 0 fully saturated rings. The Morgan fingerprint density at radius 1 is 1.12 bits per heavy atom. The second-order valence-corrected chi connectivity index (χ2v) is 5.98. The van der Waals surface area contributed by atoms with Crippen molar-refractivity contribution in [3.05, 3.63) is 68.2 Å². The van der Waals surface area contributed by atoms with Gasteiger partial charge in [0.05, 0.1) is 17.8 Å². The highest BCUT2D eigenvalue weighted by molar-refractivity contribution is 5.99. The Morgan fingerprint density at radius 2 is 1.85 bits per heavy atom. The molecular weight excluding hydrogens is 336 g/mol. The van der Waals surface area contributed by atoms with Crippen LogP contribution in [0.2, 0.25) is 0 Å². The molecule has 0 radical (unpaired) electrons. The fourth-order valence-corrected chi connectivity index (χ4v) is 2.53. The van der Waals surface area contributed by atoms with Crippen molar-refractivity contribution < 1.29 is 9.90 Å². The number of carbonyl (C=O) groups is 1. The van der Waals surface area contributed by atoms with E-state index < -0.39 is 10.9 Å². The van der Waals surface area contributed by atoms with Crippen molar-refractivity contribution in [2.75, 3.05) is 24.7 Å². The number of rotatable bonds is 6. The van der Waals surface area contributed by atoms with Crippen molar-refractivity contribution >= 4 is 23.0 Å². The lowest BCUT2D eigenvalue weighted by atomic mass is 10.1. The molecule has 2 aromatic carbocycles. The summed E-state index contributed by atoms with van der Waals surface area (Å²) in [6.07, 6.45) is 1.75. The van der Waals surface area contributed by atoms with Gasteiger partial charge in [-0.05, 0) is 24.3 Å². The van der Waals surface area contributed by atoms with Crippen LogP contribution in [0.1, 0.15) is 16.1 Å². The van der Waals surface area contributed by atoms with Gasteiger partial charge in [-0.25, -0.2) is 0 Å². The topological polar surface area (TPSA) is 115 Å². The van der Waals surface area contributed by atoms with E-state index >= 15 is 0 Å². The highest BCUT2D eigenvalue weighted by Crippen LogP contribution is 2.32. The summed E-state index contributed by atoms with van der Waals surface area (Å²) in [7, 11) is 3.14. The molecule has 8 nitrogen and oxygen atoms in total. The number of aromatic nitrogens is 1. The number of benzene rings is 1. The summed E-state index contributed by atoms with van der Waals surface area (Å²) >= 11 is 0. The zero-order valence-electron chi connectivity index (χ0n) is 14.3. The van der Waals surface area contributed by atoms with E-state index in [1.807, 2.05) is 12.1 Å². The number of aromatic hydroxyl groups is 1. The van der Waals surface area contributed by atoms with Crippen molar-refractivity contribution in [2.24, 2.45) is 0 Å². The Bertz CT molecular complexity index is 1010. The molecule has 0 aliphatic rings. The lowest BCUT2D eigenvalue weighted by molar-refractivity contribution is 0.0824. The number of anilines is 3. The van der Waals surface area contributed by atoms with E-state index in [9.17, 15) is 19.5 Å². The van der Waals surface area contributed by atoms with E-state index in [4.69, 9.17) is 0 Å². The van der Waals surface area contributed by atoms with Gasteiger partial charge in [-0.3, -0.25) is 14.4 Å². The number of phenols is 1. The predicted octanol–water partition coefficient (Wildman–Crippen LogP) is 1.37. The molecule has 8 heteroatoms. The number of hydrogen-bond acceptors (Lipinski definition) is 6. The molecule has 4 N–H and O–H groups in total. The summed E-state index contributed by atoms with van der Waals surface area (Å²) in [6, 6.07) is 8.25. The highest BCUT2D eigenvalue weighted by atomic mass is 16.3. The number of nitrogens with one attached hydrogen (secondary N) is 3. The smallest absolute Gasteiger partial charge is 0.257 e. The molecule has 1 heterocycles. The first-order valence-corrected chi connectivity index (χ1v) is 7.90. The molecule has 0 unspecified atom stereocenters. The molecule has 0 bridgehead atoms. The zero-order valence-corrected chi connectivity index (χ0v) is 14.3. The summed E-state index contributed by atoms with van der Waals surface area (Å²) in [5, 5.41) is 16.0. The van der Waals surface area contributed by atoms with Crippen LogP contribution in [-0.2, 0) is 6.54 Å². The molecule has 0 atom stereocenters. The Kier molecular flexibility index (Phi) is 4.49. The average Bonchev–Trinajstić information content (AvgIpc) is 3.14. The molecule has 26 heavy (non-hydrogen) atoms. The predicted molar refractivity (Wildman–Crippen MR) is 98.9 cm³/mol. The van der Waals surface area contributed by atoms with Gasteiger partial charge in [-0.2, -0.15) is 0 Å². The standard InChI is InChI=1S/C18H18N4O4/c1-22(2)18(26)11-6-3-7-12(15(11)23)21-14-13(16(24)17(14)25)20-9-10-5-4-8-19-10/h3-8,19-21,23H,9H2,1-2H3. The number of phenolic OH excluding ortho intramolecular Hbond substituents is 1. The fraction of sp³-hybridized carbons (Fsp3) is 0.167. The number of para-hydroxylation sites is 1. The van der Waals surface area contributed by atoms with Crippen LogP contribution >= 0.6 is 0 Å². The quantitative estimate of drug-likeness (QED) is 0.393. The van der Waals surface area contributed by atoms with Gasteiger partial charge in [0, 0.05) is 26.0 Å². The third-order valence-corrected chi connectivity index (χ3v) is 3.96. The molecule has 1 amide bonds. The SMILES string of the molecule is CN(C)C(=O)c1cccc(Nc2c(NCc3ccc[nH]3)c(=O)c2=O)c1O. The fourth-order valence-electron chi connectivity index (χ4n) is 2.53. The van der Waals surface area contributed by atoms with Crippen LogP contribution in [0, 0.1) is 0 Å². The van der Waals surface area contributed by atoms with Crippen molar-refractivity contribution in [3.63, 3.8) is 0 Å². The molecular formula is C18H18N4O4. The van der Waals surface area contributed by atoms with Gasteiger partial charge in [-0.15, -0.1) is 0 Å².